The van der Waals surface area contributed by atoms with Crippen LogP contribution in [0.5, 0.6) is 5.75 Å². The van der Waals surface area contributed by atoms with E-state index in [1.807, 2.05) is 43.4 Å². The van der Waals surface area contributed by atoms with Crippen LogP contribution in [0.3, 0.4) is 0 Å². The SMILES string of the molecule is CCOC(=O)c1c(C)n([C@H](C(=O)c2cc(OCCCOC)c(Cl)nc2I)C(C)(C)C)ccc1=O. The first-order valence-corrected chi connectivity index (χ1v) is 12.3. The van der Waals surface area contributed by atoms with Crippen LogP contribution >= 0.6 is 34.2 Å². The lowest BCUT2D eigenvalue weighted by Crippen LogP contribution is -2.35. The Kier molecular flexibility index (Phi) is 10.1. The summed E-state index contributed by atoms with van der Waals surface area (Å²) in [6, 6.07) is 2.12. The molecule has 0 aromatic carbocycles. The van der Waals surface area contributed by atoms with E-state index in [-0.39, 0.29) is 23.1 Å². The standard InChI is InChI=1S/C24H30ClIN2O6/c1-7-33-23(31)18-14(2)28(10-9-16(18)29)20(24(3,4)5)19(30)15-13-17(21(25)27-22(15)26)34-12-8-11-32-6/h9-10,13,20H,7-8,11-12H2,1-6H3/t20-/m1/s1. The third-order valence-corrected chi connectivity index (χ3v) is 6.21. The van der Waals surface area contributed by atoms with Gasteiger partial charge in [0.05, 0.1) is 18.8 Å². The van der Waals surface area contributed by atoms with Gasteiger partial charge in [0.15, 0.2) is 22.1 Å². The Bertz CT molecular complexity index is 1110. The fraction of sp³-hybridized carbons (Fsp3) is 0.500. The van der Waals surface area contributed by atoms with Gasteiger partial charge in [-0.3, -0.25) is 9.59 Å². The molecular formula is C24H30ClIN2O6. The number of nitrogens with zero attached hydrogens (tertiary/aromatic N) is 2. The summed E-state index contributed by atoms with van der Waals surface area (Å²) < 4.78 is 17.9. The van der Waals surface area contributed by atoms with Gasteiger partial charge in [-0.05, 0) is 47.9 Å². The molecule has 8 nitrogen and oxygen atoms in total. The van der Waals surface area contributed by atoms with Crippen molar-refractivity contribution in [3.05, 3.63) is 54.2 Å². The van der Waals surface area contributed by atoms with Gasteiger partial charge in [-0.25, -0.2) is 9.78 Å². The number of carbonyl (C=O) groups excluding carboxylic acids is 2. The molecule has 0 bridgehead atoms. The van der Waals surface area contributed by atoms with Crippen LogP contribution in [-0.4, -0.2) is 48.2 Å². The molecule has 2 aromatic rings. The first-order chi connectivity index (χ1) is 15.9. The summed E-state index contributed by atoms with van der Waals surface area (Å²) >= 11 is 8.23. The van der Waals surface area contributed by atoms with E-state index in [1.165, 1.54) is 12.3 Å². The summed E-state index contributed by atoms with van der Waals surface area (Å²) in [7, 11) is 1.61. The van der Waals surface area contributed by atoms with Gasteiger partial charge < -0.3 is 18.8 Å². The molecule has 0 aliphatic heterocycles. The van der Waals surface area contributed by atoms with Crippen LogP contribution in [0.25, 0.3) is 0 Å². The number of rotatable bonds is 10. The van der Waals surface area contributed by atoms with Crippen molar-refractivity contribution >= 4 is 45.9 Å². The molecule has 0 aliphatic rings. The van der Waals surface area contributed by atoms with Gasteiger partial charge in [0, 0.05) is 38.1 Å². The van der Waals surface area contributed by atoms with Crippen LogP contribution in [0, 0.1) is 16.0 Å². The molecule has 0 saturated carbocycles. The largest absolute Gasteiger partial charge is 0.490 e. The molecular weight excluding hydrogens is 575 g/mol. The van der Waals surface area contributed by atoms with Crippen LogP contribution in [-0.2, 0) is 9.47 Å². The van der Waals surface area contributed by atoms with Crippen molar-refractivity contribution in [2.24, 2.45) is 5.41 Å². The first-order valence-electron chi connectivity index (χ1n) is 10.8. The first kappa shape index (κ1) is 28.3. The van der Waals surface area contributed by atoms with Gasteiger partial charge >= 0.3 is 5.97 Å². The van der Waals surface area contributed by atoms with Gasteiger partial charge in [0.25, 0.3) is 0 Å². The molecule has 2 heterocycles. The number of hydrogen-bond donors (Lipinski definition) is 0. The molecule has 2 aromatic heterocycles. The molecule has 0 radical (unpaired) electrons. The summed E-state index contributed by atoms with van der Waals surface area (Å²) in [5, 5.41) is 0.162. The molecule has 0 saturated heterocycles. The molecule has 2 rings (SSSR count). The molecule has 0 N–H and O–H groups in total. The zero-order chi connectivity index (χ0) is 25.6. The maximum atomic E-state index is 13.9. The zero-order valence-corrected chi connectivity index (χ0v) is 23.2. The van der Waals surface area contributed by atoms with Crippen LogP contribution in [0.2, 0.25) is 5.15 Å². The molecule has 186 valence electrons. The van der Waals surface area contributed by atoms with E-state index in [0.29, 0.717) is 40.3 Å². The van der Waals surface area contributed by atoms with Crippen molar-refractivity contribution in [2.45, 2.75) is 47.1 Å². The number of hydrogen-bond acceptors (Lipinski definition) is 7. The fourth-order valence-electron chi connectivity index (χ4n) is 3.58. The zero-order valence-electron chi connectivity index (χ0n) is 20.2. The number of methoxy groups -OCH3 is 1. The Labute approximate surface area is 218 Å². The number of halogens is 2. The number of carbonyl (C=O) groups is 2. The highest BCUT2D eigenvalue weighted by Gasteiger charge is 2.36. The summed E-state index contributed by atoms with van der Waals surface area (Å²) in [4.78, 5) is 43.1. The van der Waals surface area contributed by atoms with E-state index < -0.39 is 22.9 Å². The maximum Gasteiger partial charge on any atom is 0.343 e. The lowest BCUT2D eigenvalue weighted by atomic mass is 9.81. The second kappa shape index (κ2) is 12.1. The quantitative estimate of drug-likeness (QED) is 0.126. The normalized spacial score (nSPS) is 12.4. The lowest BCUT2D eigenvalue weighted by molar-refractivity contribution is 0.0520. The van der Waals surface area contributed by atoms with Crippen molar-refractivity contribution in [1.29, 1.82) is 0 Å². The summed E-state index contributed by atoms with van der Waals surface area (Å²) in [5.41, 5.74) is -0.431. The molecule has 0 spiro atoms. The summed E-state index contributed by atoms with van der Waals surface area (Å²) in [6.45, 7) is 10.1. The average molecular weight is 605 g/mol. The highest BCUT2D eigenvalue weighted by atomic mass is 127. The Morgan fingerprint density at radius 1 is 1.26 bits per heavy atom. The van der Waals surface area contributed by atoms with Crippen LogP contribution in [0.1, 0.15) is 66.6 Å². The van der Waals surface area contributed by atoms with Gasteiger partial charge in [-0.1, -0.05) is 32.4 Å². The van der Waals surface area contributed by atoms with Crippen molar-refractivity contribution in [3.8, 4) is 5.75 Å². The van der Waals surface area contributed by atoms with E-state index >= 15 is 0 Å². The van der Waals surface area contributed by atoms with E-state index in [9.17, 15) is 14.4 Å². The second-order valence-corrected chi connectivity index (χ2v) is 10.1. The predicted octanol–water partition coefficient (Wildman–Crippen LogP) is 4.87. The van der Waals surface area contributed by atoms with E-state index in [4.69, 9.17) is 25.8 Å². The third-order valence-electron chi connectivity index (χ3n) is 5.12. The minimum Gasteiger partial charge on any atom is -0.490 e. The minimum atomic E-state index is -0.751. The smallest absolute Gasteiger partial charge is 0.343 e. The van der Waals surface area contributed by atoms with Crippen LogP contribution in [0.15, 0.2) is 23.1 Å². The Morgan fingerprint density at radius 2 is 1.94 bits per heavy atom. The van der Waals surface area contributed by atoms with Crippen LogP contribution < -0.4 is 10.2 Å². The molecule has 34 heavy (non-hydrogen) atoms. The van der Waals surface area contributed by atoms with Crippen LogP contribution in [0.4, 0.5) is 0 Å². The number of aromatic nitrogens is 2. The van der Waals surface area contributed by atoms with Crippen molar-refractivity contribution in [2.75, 3.05) is 26.9 Å². The molecule has 10 heteroatoms. The number of ketones is 1. The average Bonchev–Trinajstić information content (AvgIpc) is 2.73. The third kappa shape index (κ3) is 6.57. The van der Waals surface area contributed by atoms with Gasteiger partial charge in [0.2, 0.25) is 0 Å². The fourth-order valence-corrected chi connectivity index (χ4v) is 4.58. The Morgan fingerprint density at radius 3 is 2.53 bits per heavy atom. The predicted molar refractivity (Wildman–Crippen MR) is 138 cm³/mol. The highest BCUT2D eigenvalue weighted by molar-refractivity contribution is 14.1. The highest BCUT2D eigenvalue weighted by Crippen LogP contribution is 2.37. The molecule has 1 atom stereocenters. The van der Waals surface area contributed by atoms with Gasteiger partial charge in [-0.15, -0.1) is 0 Å². The van der Waals surface area contributed by atoms with Gasteiger partial charge in [0.1, 0.15) is 15.3 Å². The van der Waals surface area contributed by atoms with Gasteiger partial charge in [-0.2, -0.15) is 0 Å². The van der Waals surface area contributed by atoms with Crippen molar-refractivity contribution < 1.29 is 23.8 Å². The topological polar surface area (TPSA) is 96.7 Å². The lowest BCUT2D eigenvalue weighted by Gasteiger charge is -2.33. The van der Waals surface area contributed by atoms with Crippen molar-refractivity contribution in [3.63, 3.8) is 0 Å². The monoisotopic (exact) mass is 604 g/mol. The molecule has 0 unspecified atom stereocenters. The van der Waals surface area contributed by atoms with E-state index in [0.717, 1.165) is 0 Å². The summed E-state index contributed by atoms with van der Waals surface area (Å²) in [5.74, 6) is -0.656. The minimum absolute atomic E-state index is 0.0857. The molecule has 0 aliphatic carbocycles. The van der Waals surface area contributed by atoms with Crippen molar-refractivity contribution in [1.82, 2.24) is 9.55 Å². The molecule has 0 fully saturated rings. The number of pyridine rings is 2. The Balaban J connectivity index is 2.58. The summed E-state index contributed by atoms with van der Waals surface area (Å²) in [6.07, 6.45) is 2.19. The molecule has 0 amide bonds. The number of esters is 1. The Hall–Kier alpha value is -1.98. The van der Waals surface area contributed by atoms with E-state index in [1.54, 1.807) is 31.6 Å². The number of ether oxygens (including phenoxy) is 3. The second-order valence-electron chi connectivity index (χ2n) is 8.71. The van der Waals surface area contributed by atoms with E-state index in [2.05, 4.69) is 4.98 Å². The maximum absolute atomic E-state index is 13.9. The number of Topliss-reactive ketones (excluding diaryl/α,β-unsaturated/α-hetero) is 1.